The predicted molar refractivity (Wildman–Crippen MR) is 97.1 cm³/mol. The number of benzene rings is 1. The zero-order chi connectivity index (χ0) is 19.3. The second kappa shape index (κ2) is 8.36. The van der Waals surface area contributed by atoms with Gasteiger partial charge in [-0.2, -0.15) is 4.31 Å². The Balaban J connectivity index is 1.52. The Morgan fingerprint density at radius 2 is 1.74 bits per heavy atom. The Morgan fingerprint density at radius 1 is 1.04 bits per heavy atom. The van der Waals surface area contributed by atoms with Crippen molar-refractivity contribution in [2.45, 2.75) is 30.6 Å². The molecule has 0 unspecified atom stereocenters. The number of carbonyl (C=O) groups excluding carboxylic acids is 2. The van der Waals surface area contributed by atoms with E-state index in [1.807, 2.05) is 0 Å². The highest BCUT2D eigenvalue weighted by molar-refractivity contribution is 7.89. The minimum atomic E-state index is -3.51. The van der Waals surface area contributed by atoms with E-state index in [2.05, 4.69) is 10.9 Å². The lowest BCUT2D eigenvalue weighted by atomic mass is 10.2. The molecule has 1 saturated heterocycles. The van der Waals surface area contributed by atoms with Crippen LogP contribution in [0.4, 0.5) is 0 Å². The summed E-state index contributed by atoms with van der Waals surface area (Å²) in [4.78, 5) is 24.0. The van der Waals surface area contributed by atoms with Crippen LogP contribution in [0.5, 0.6) is 0 Å². The minimum absolute atomic E-state index is 0.156. The van der Waals surface area contributed by atoms with E-state index in [0.29, 0.717) is 25.3 Å². The van der Waals surface area contributed by atoms with Crippen LogP contribution in [0, 0.1) is 0 Å². The number of sulfonamides is 1. The van der Waals surface area contributed by atoms with E-state index in [4.69, 9.17) is 4.42 Å². The van der Waals surface area contributed by atoms with E-state index in [9.17, 15) is 18.0 Å². The number of rotatable bonds is 6. The fourth-order valence-electron chi connectivity index (χ4n) is 2.81. The summed E-state index contributed by atoms with van der Waals surface area (Å²) >= 11 is 0. The summed E-state index contributed by atoms with van der Waals surface area (Å²) in [5.41, 5.74) is 4.89. The van der Waals surface area contributed by atoms with Gasteiger partial charge in [-0.05, 0) is 49.2 Å². The van der Waals surface area contributed by atoms with Crippen LogP contribution in [0.2, 0.25) is 0 Å². The van der Waals surface area contributed by atoms with E-state index in [1.165, 1.54) is 34.8 Å². The van der Waals surface area contributed by atoms with Gasteiger partial charge in [0.1, 0.15) is 5.76 Å². The Hall–Kier alpha value is -2.65. The largest absolute Gasteiger partial charge is 0.469 e. The van der Waals surface area contributed by atoms with Crippen molar-refractivity contribution >= 4 is 21.8 Å². The molecule has 0 spiro atoms. The molecule has 1 aliphatic heterocycles. The van der Waals surface area contributed by atoms with Crippen LogP contribution in [0.1, 0.15) is 35.4 Å². The summed E-state index contributed by atoms with van der Waals surface area (Å²) in [6.45, 7) is 1.04. The van der Waals surface area contributed by atoms with Crippen molar-refractivity contribution in [2.24, 2.45) is 0 Å². The van der Waals surface area contributed by atoms with Crippen molar-refractivity contribution in [3.63, 3.8) is 0 Å². The molecule has 0 saturated carbocycles. The van der Waals surface area contributed by atoms with Gasteiger partial charge in [-0.1, -0.05) is 0 Å². The summed E-state index contributed by atoms with van der Waals surface area (Å²) in [5.74, 6) is -0.189. The molecule has 0 bridgehead atoms. The van der Waals surface area contributed by atoms with Gasteiger partial charge in [-0.3, -0.25) is 20.4 Å². The van der Waals surface area contributed by atoms with Crippen molar-refractivity contribution in [3.05, 3.63) is 54.0 Å². The summed E-state index contributed by atoms with van der Waals surface area (Å²) in [6, 6.07) is 9.16. The number of hydrogen-bond donors (Lipinski definition) is 2. The maximum atomic E-state index is 12.5. The number of amides is 2. The maximum Gasteiger partial charge on any atom is 0.269 e. The lowest BCUT2D eigenvalue weighted by molar-refractivity contribution is -0.121. The summed E-state index contributed by atoms with van der Waals surface area (Å²) in [5, 5.41) is 0. The molecule has 2 aromatic rings. The highest BCUT2D eigenvalue weighted by atomic mass is 32.2. The van der Waals surface area contributed by atoms with Crippen LogP contribution in [0.25, 0.3) is 0 Å². The number of hydrogen-bond acceptors (Lipinski definition) is 5. The lowest BCUT2D eigenvalue weighted by Crippen LogP contribution is -2.41. The molecule has 27 heavy (non-hydrogen) atoms. The zero-order valence-electron chi connectivity index (χ0n) is 14.7. The molecule has 144 valence electrons. The Labute approximate surface area is 157 Å². The summed E-state index contributed by atoms with van der Waals surface area (Å²) in [6.07, 6.45) is 3.85. The minimum Gasteiger partial charge on any atom is -0.469 e. The topological polar surface area (TPSA) is 109 Å². The van der Waals surface area contributed by atoms with Gasteiger partial charge in [0.15, 0.2) is 0 Å². The van der Waals surface area contributed by atoms with Gasteiger partial charge in [0.05, 0.1) is 11.2 Å². The molecule has 0 aliphatic carbocycles. The van der Waals surface area contributed by atoms with E-state index in [1.54, 1.807) is 12.1 Å². The second-order valence-electron chi connectivity index (χ2n) is 6.22. The molecule has 2 amide bonds. The van der Waals surface area contributed by atoms with Crippen LogP contribution in [-0.2, 0) is 21.2 Å². The molecular weight excluding hydrogens is 370 g/mol. The number of hydrazine groups is 1. The standard InChI is InChI=1S/C18H21N3O5S/c22-17(10-7-15-4-3-13-26-15)19-20-18(23)14-5-8-16(9-6-14)27(24,25)21-11-1-2-12-21/h3-6,8-9,13H,1-2,7,10-12H2,(H,19,22)(H,20,23). The summed E-state index contributed by atoms with van der Waals surface area (Å²) in [7, 11) is -3.51. The van der Waals surface area contributed by atoms with Gasteiger partial charge >= 0.3 is 0 Å². The molecule has 8 nitrogen and oxygen atoms in total. The number of nitrogens with one attached hydrogen (secondary N) is 2. The number of carbonyl (C=O) groups is 2. The van der Waals surface area contributed by atoms with Crippen molar-refractivity contribution in [1.29, 1.82) is 0 Å². The lowest BCUT2D eigenvalue weighted by Gasteiger charge is -2.15. The number of furan rings is 1. The molecule has 2 N–H and O–H groups in total. The van der Waals surface area contributed by atoms with Gasteiger partial charge in [-0.25, -0.2) is 8.42 Å². The number of aryl methyl sites for hydroxylation is 1. The molecule has 1 aromatic carbocycles. The van der Waals surface area contributed by atoms with Crippen molar-refractivity contribution in [2.75, 3.05) is 13.1 Å². The molecule has 1 fully saturated rings. The van der Waals surface area contributed by atoms with Crippen LogP contribution in [0.15, 0.2) is 52.0 Å². The van der Waals surface area contributed by atoms with Crippen LogP contribution < -0.4 is 10.9 Å². The molecule has 0 atom stereocenters. The SMILES string of the molecule is O=C(CCc1ccco1)NNC(=O)c1ccc(S(=O)(=O)N2CCCC2)cc1. The Kier molecular flexibility index (Phi) is 5.92. The second-order valence-corrected chi connectivity index (χ2v) is 8.16. The Morgan fingerprint density at radius 3 is 2.37 bits per heavy atom. The monoisotopic (exact) mass is 391 g/mol. The predicted octanol–water partition coefficient (Wildman–Crippen LogP) is 1.46. The third-order valence-electron chi connectivity index (χ3n) is 4.31. The molecule has 3 rings (SSSR count). The smallest absolute Gasteiger partial charge is 0.269 e. The van der Waals surface area contributed by atoms with Gasteiger partial charge in [0, 0.05) is 31.5 Å². The third-order valence-corrected chi connectivity index (χ3v) is 6.23. The first-order chi connectivity index (χ1) is 13.0. The fourth-order valence-corrected chi connectivity index (χ4v) is 4.33. The van der Waals surface area contributed by atoms with Gasteiger partial charge in [-0.15, -0.1) is 0 Å². The quantitative estimate of drug-likeness (QED) is 0.725. The first-order valence-electron chi connectivity index (χ1n) is 8.68. The maximum absolute atomic E-state index is 12.5. The van der Waals surface area contributed by atoms with E-state index < -0.39 is 15.9 Å². The average molecular weight is 391 g/mol. The highest BCUT2D eigenvalue weighted by Crippen LogP contribution is 2.21. The van der Waals surface area contributed by atoms with Gasteiger partial charge in [0.25, 0.3) is 5.91 Å². The van der Waals surface area contributed by atoms with E-state index >= 15 is 0 Å². The molecule has 1 aliphatic rings. The fraction of sp³-hybridized carbons (Fsp3) is 0.333. The molecule has 1 aromatic heterocycles. The highest BCUT2D eigenvalue weighted by Gasteiger charge is 2.27. The van der Waals surface area contributed by atoms with Crippen molar-refractivity contribution in [1.82, 2.24) is 15.2 Å². The molecule has 0 radical (unpaired) electrons. The first kappa shape index (κ1) is 19.1. The third kappa shape index (κ3) is 4.75. The zero-order valence-corrected chi connectivity index (χ0v) is 15.5. The first-order valence-corrected chi connectivity index (χ1v) is 10.1. The van der Waals surface area contributed by atoms with E-state index in [-0.39, 0.29) is 22.8 Å². The normalized spacial score (nSPS) is 14.8. The van der Waals surface area contributed by atoms with Crippen LogP contribution >= 0.6 is 0 Å². The molecule has 2 heterocycles. The van der Waals surface area contributed by atoms with Crippen molar-refractivity contribution < 1.29 is 22.4 Å². The molecular formula is C18H21N3O5S. The van der Waals surface area contributed by atoms with Crippen molar-refractivity contribution in [3.8, 4) is 0 Å². The average Bonchev–Trinajstić information content (AvgIpc) is 3.38. The van der Waals surface area contributed by atoms with Crippen LogP contribution in [-0.4, -0.2) is 37.6 Å². The van der Waals surface area contributed by atoms with E-state index in [0.717, 1.165) is 12.8 Å². The van der Waals surface area contributed by atoms with Crippen LogP contribution in [0.3, 0.4) is 0 Å². The number of nitrogens with zero attached hydrogens (tertiary/aromatic N) is 1. The summed E-state index contributed by atoms with van der Waals surface area (Å²) < 4.78 is 31.5. The molecule has 9 heteroatoms. The van der Waals surface area contributed by atoms with Gasteiger partial charge in [0.2, 0.25) is 15.9 Å². The van der Waals surface area contributed by atoms with Gasteiger partial charge < -0.3 is 4.42 Å². The Bertz CT molecular complexity index is 886.